The molecular formula is C24H30FN5O3S. The summed E-state index contributed by atoms with van der Waals surface area (Å²) in [5.74, 6) is -0.743. The van der Waals surface area contributed by atoms with Crippen molar-refractivity contribution in [1.29, 1.82) is 0 Å². The molecule has 0 aromatic heterocycles. The summed E-state index contributed by atoms with van der Waals surface area (Å²) in [5, 5.41) is 2.50. The lowest BCUT2D eigenvalue weighted by Crippen LogP contribution is -2.46. The average molecular weight is 488 g/mol. The van der Waals surface area contributed by atoms with Gasteiger partial charge in [0.2, 0.25) is 0 Å². The number of amides is 2. The Morgan fingerprint density at radius 1 is 1.12 bits per heavy atom. The highest BCUT2D eigenvalue weighted by Crippen LogP contribution is 2.33. The maximum absolute atomic E-state index is 14.0. The Labute approximate surface area is 203 Å². The van der Waals surface area contributed by atoms with Crippen molar-refractivity contribution >= 4 is 35.0 Å². The van der Waals surface area contributed by atoms with Crippen molar-refractivity contribution in [3.8, 4) is 5.75 Å². The molecule has 3 saturated heterocycles. The van der Waals surface area contributed by atoms with Gasteiger partial charge in [-0.2, -0.15) is 4.99 Å². The van der Waals surface area contributed by atoms with E-state index in [1.165, 1.54) is 42.8 Å². The Morgan fingerprint density at radius 2 is 1.88 bits per heavy atom. The van der Waals surface area contributed by atoms with E-state index in [9.17, 15) is 14.0 Å². The van der Waals surface area contributed by atoms with Crippen molar-refractivity contribution in [1.82, 2.24) is 20.2 Å². The highest BCUT2D eigenvalue weighted by atomic mass is 32.2. The first kappa shape index (κ1) is 23.3. The Hall–Kier alpha value is -2.43. The average Bonchev–Trinajstić information content (AvgIpc) is 3.52. The minimum absolute atomic E-state index is 0.108. The van der Waals surface area contributed by atoms with Crippen molar-refractivity contribution in [3.05, 3.63) is 34.5 Å². The van der Waals surface area contributed by atoms with E-state index in [0.29, 0.717) is 34.8 Å². The molecule has 0 aliphatic carbocycles. The Bertz CT molecular complexity index is 996. The molecule has 0 bridgehead atoms. The Morgan fingerprint density at radius 3 is 2.62 bits per heavy atom. The number of amidine groups is 1. The normalized spacial score (nSPS) is 23.6. The van der Waals surface area contributed by atoms with Crippen LogP contribution in [0.1, 0.15) is 44.1 Å². The molecule has 34 heavy (non-hydrogen) atoms. The number of thioether (sulfide) groups is 1. The maximum atomic E-state index is 14.0. The third-order valence-electron chi connectivity index (χ3n) is 6.79. The van der Waals surface area contributed by atoms with E-state index in [0.717, 1.165) is 51.9 Å². The van der Waals surface area contributed by atoms with Gasteiger partial charge in [0.25, 0.3) is 5.91 Å². The lowest BCUT2D eigenvalue weighted by atomic mass is 10.0. The predicted molar refractivity (Wildman–Crippen MR) is 130 cm³/mol. The van der Waals surface area contributed by atoms with E-state index in [-0.39, 0.29) is 11.7 Å². The number of likely N-dealkylation sites (tertiary alicyclic amines) is 2. The van der Waals surface area contributed by atoms with Gasteiger partial charge in [-0.1, -0.05) is 0 Å². The van der Waals surface area contributed by atoms with E-state index >= 15 is 0 Å². The van der Waals surface area contributed by atoms with Gasteiger partial charge < -0.3 is 14.5 Å². The van der Waals surface area contributed by atoms with Crippen LogP contribution in [0, 0.1) is 5.82 Å². The molecule has 5 rings (SSSR count). The molecule has 0 atom stereocenters. The summed E-state index contributed by atoms with van der Waals surface area (Å²) < 4.78 is 19.6. The van der Waals surface area contributed by atoms with Gasteiger partial charge in [-0.25, -0.2) is 14.6 Å². The SMILES string of the molecule is O=C1N=C(N2CCCCN2)SC1=Cc1ccc(F)cc1OC(=O)N1CCC(N2CCCC2)CC1. The minimum atomic E-state index is -0.502. The Kier molecular flexibility index (Phi) is 7.17. The van der Waals surface area contributed by atoms with Crippen LogP contribution in [-0.4, -0.2) is 77.3 Å². The number of nitrogens with zero attached hydrogens (tertiary/aromatic N) is 4. The van der Waals surface area contributed by atoms with Crippen molar-refractivity contribution in [2.24, 2.45) is 4.99 Å². The smallest absolute Gasteiger partial charge is 0.409 e. The number of carbonyl (C=O) groups is 2. The molecule has 1 aromatic carbocycles. The number of aliphatic imine (C=N–C) groups is 1. The lowest BCUT2D eigenvalue weighted by Gasteiger charge is -2.36. The lowest BCUT2D eigenvalue weighted by molar-refractivity contribution is -0.113. The molecular weight excluding hydrogens is 457 g/mol. The molecule has 4 heterocycles. The fourth-order valence-corrected chi connectivity index (χ4v) is 5.81. The number of hydrogen-bond donors (Lipinski definition) is 1. The third kappa shape index (κ3) is 5.29. The molecule has 0 saturated carbocycles. The second kappa shape index (κ2) is 10.5. The van der Waals surface area contributed by atoms with Crippen LogP contribution in [0.2, 0.25) is 0 Å². The summed E-state index contributed by atoms with van der Waals surface area (Å²) in [6, 6.07) is 4.54. The summed E-state index contributed by atoms with van der Waals surface area (Å²) in [6.07, 6.45) is 7.61. The van der Waals surface area contributed by atoms with Gasteiger partial charge in [-0.3, -0.25) is 9.80 Å². The van der Waals surface area contributed by atoms with Crippen LogP contribution >= 0.6 is 11.8 Å². The second-order valence-corrected chi connectivity index (χ2v) is 10.1. The van der Waals surface area contributed by atoms with Crippen LogP contribution in [0.25, 0.3) is 6.08 Å². The molecule has 2 amide bonds. The molecule has 1 N–H and O–H groups in total. The van der Waals surface area contributed by atoms with E-state index < -0.39 is 11.9 Å². The molecule has 182 valence electrons. The second-order valence-electron chi connectivity index (χ2n) is 9.09. The molecule has 4 aliphatic rings. The summed E-state index contributed by atoms with van der Waals surface area (Å²) in [6.45, 7) is 5.18. The minimum Gasteiger partial charge on any atom is -0.409 e. The molecule has 3 fully saturated rings. The molecule has 0 unspecified atom stereocenters. The van der Waals surface area contributed by atoms with Gasteiger partial charge >= 0.3 is 6.09 Å². The first-order chi connectivity index (χ1) is 16.6. The first-order valence-corrected chi connectivity index (χ1v) is 12.9. The fourth-order valence-electron chi connectivity index (χ4n) is 4.90. The molecule has 0 radical (unpaired) electrons. The number of nitrogens with one attached hydrogen (secondary N) is 1. The Balaban J connectivity index is 1.24. The number of carbonyl (C=O) groups excluding carboxylic acids is 2. The molecule has 1 aromatic rings. The van der Waals surface area contributed by atoms with E-state index in [2.05, 4.69) is 15.3 Å². The highest BCUT2D eigenvalue weighted by molar-refractivity contribution is 8.18. The van der Waals surface area contributed by atoms with E-state index in [1.54, 1.807) is 11.0 Å². The summed E-state index contributed by atoms with van der Waals surface area (Å²) in [7, 11) is 0. The fraction of sp³-hybridized carbons (Fsp3) is 0.542. The quantitative estimate of drug-likeness (QED) is 0.655. The number of ether oxygens (including phenoxy) is 1. The maximum Gasteiger partial charge on any atom is 0.415 e. The van der Waals surface area contributed by atoms with Gasteiger partial charge in [-0.15, -0.1) is 0 Å². The molecule has 0 spiro atoms. The summed E-state index contributed by atoms with van der Waals surface area (Å²) in [4.78, 5) is 34.1. The van der Waals surface area contributed by atoms with Crippen molar-refractivity contribution in [3.63, 3.8) is 0 Å². The first-order valence-electron chi connectivity index (χ1n) is 12.1. The molecule has 8 nitrogen and oxygen atoms in total. The van der Waals surface area contributed by atoms with Gasteiger partial charge in [-0.05, 0) is 81.6 Å². The van der Waals surface area contributed by atoms with Gasteiger partial charge in [0.1, 0.15) is 11.6 Å². The monoisotopic (exact) mass is 487 g/mol. The summed E-state index contributed by atoms with van der Waals surface area (Å²) in [5.41, 5.74) is 3.72. The number of rotatable bonds is 3. The van der Waals surface area contributed by atoms with Crippen molar-refractivity contribution in [2.45, 2.75) is 44.6 Å². The number of hydrazine groups is 1. The largest absolute Gasteiger partial charge is 0.415 e. The van der Waals surface area contributed by atoms with E-state index in [1.807, 2.05) is 5.01 Å². The van der Waals surface area contributed by atoms with Crippen LogP contribution in [0.4, 0.5) is 9.18 Å². The molecule has 4 aliphatic heterocycles. The number of benzene rings is 1. The topological polar surface area (TPSA) is 77.5 Å². The zero-order valence-corrected chi connectivity index (χ0v) is 20.0. The highest BCUT2D eigenvalue weighted by Gasteiger charge is 2.30. The van der Waals surface area contributed by atoms with Gasteiger partial charge in [0.05, 0.1) is 4.91 Å². The number of piperidine rings is 1. The van der Waals surface area contributed by atoms with Crippen LogP contribution in [-0.2, 0) is 4.79 Å². The van der Waals surface area contributed by atoms with E-state index in [4.69, 9.17) is 4.74 Å². The number of hydrogen-bond acceptors (Lipinski definition) is 7. The van der Waals surface area contributed by atoms with Crippen molar-refractivity contribution in [2.75, 3.05) is 39.3 Å². The zero-order chi connectivity index (χ0) is 23.5. The third-order valence-corrected chi connectivity index (χ3v) is 7.80. The standard InChI is InChI=1S/C24H30FN5O3S/c25-18-6-5-17(15-21-22(31)27-23(34-21)30-12-2-1-9-26-30)20(16-18)33-24(32)29-13-7-19(8-14-29)28-10-3-4-11-28/h5-6,15-16,19,26H,1-4,7-14H2. The van der Waals surface area contributed by atoms with Gasteiger partial charge in [0.15, 0.2) is 5.17 Å². The van der Waals surface area contributed by atoms with Gasteiger partial charge in [0, 0.05) is 43.9 Å². The summed E-state index contributed by atoms with van der Waals surface area (Å²) >= 11 is 1.27. The molecule has 10 heteroatoms. The van der Waals surface area contributed by atoms with Crippen LogP contribution in [0.15, 0.2) is 28.1 Å². The number of halogens is 1. The van der Waals surface area contributed by atoms with Crippen molar-refractivity contribution < 1.29 is 18.7 Å². The predicted octanol–water partition coefficient (Wildman–Crippen LogP) is 3.46. The zero-order valence-electron chi connectivity index (χ0n) is 19.2. The van der Waals surface area contributed by atoms with Crippen LogP contribution in [0.3, 0.4) is 0 Å². The van der Waals surface area contributed by atoms with Crippen LogP contribution < -0.4 is 10.2 Å². The van der Waals surface area contributed by atoms with Crippen LogP contribution in [0.5, 0.6) is 5.75 Å².